The van der Waals surface area contributed by atoms with Gasteiger partial charge in [0.05, 0.1) is 23.9 Å². The summed E-state index contributed by atoms with van der Waals surface area (Å²) in [7, 11) is 0. The zero-order chi connectivity index (χ0) is 15.7. The Labute approximate surface area is 128 Å². The maximum atomic E-state index is 12.5. The first kappa shape index (κ1) is 14.0. The molecule has 2 aromatic carbocycles. The second-order valence-electron chi connectivity index (χ2n) is 5.19. The number of nitrogens with zero attached hydrogens (tertiary/aromatic N) is 2. The van der Waals surface area contributed by atoms with Crippen LogP contribution in [-0.4, -0.2) is 12.0 Å². The first-order valence-electron chi connectivity index (χ1n) is 6.95. The number of rotatable bonds is 2. The molecule has 3 rings (SSSR count). The Kier molecular flexibility index (Phi) is 3.43. The van der Waals surface area contributed by atoms with E-state index in [-0.39, 0.29) is 5.91 Å². The van der Waals surface area contributed by atoms with Gasteiger partial charge in [0.15, 0.2) is 6.10 Å². The van der Waals surface area contributed by atoms with E-state index in [9.17, 15) is 4.79 Å². The van der Waals surface area contributed by atoms with E-state index in [1.807, 2.05) is 12.1 Å². The molecule has 1 amide bonds. The number of hydrogen-bond acceptors (Lipinski definition) is 4. The molecule has 0 spiro atoms. The summed E-state index contributed by atoms with van der Waals surface area (Å²) in [6, 6.07) is 14.6. The van der Waals surface area contributed by atoms with Crippen LogP contribution in [0.1, 0.15) is 18.1 Å². The third kappa shape index (κ3) is 2.35. The van der Waals surface area contributed by atoms with Crippen molar-refractivity contribution in [2.45, 2.75) is 19.6 Å². The third-order valence-corrected chi connectivity index (χ3v) is 3.64. The first-order valence-corrected chi connectivity index (χ1v) is 6.95. The Bertz CT molecular complexity index is 762. The largest absolute Gasteiger partial charge is 0.479 e. The lowest BCUT2D eigenvalue weighted by atomic mass is 10.1. The van der Waals surface area contributed by atoms with Crippen LogP contribution in [0.25, 0.3) is 0 Å². The number of fused-ring (bicyclic) bond motifs is 1. The van der Waals surface area contributed by atoms with Crippen molar-refractivity contribution in [2.24, 2.45) is 0 Å². The van der Waals surface area contributed by atoms with Gasteiger partial charge >= 0.3 is 0 Å². The van der Waals surface area contributed by atoms with Gasteiger partial charge in [-0.25, -0.2) is 0 Å². The fraction of sp³-hybridized carbons (Fsp3) is 0.176. The first-order chi connectivity index (χ1) is 10.6. The molecule has 0 aromatic heterocycles. The van der Waals surface area contributed by atoms with E-state index in [0.717, 1.165) is 5.56 Å². The number of hydrogen-bond donors (Lipinski definition) is 1. The maximum Gasteiger partial charge on any atom is 0.268 e. The highest BCUT2D eigenvalue weighted by atomic mass is 16.5. The van der Waals surface area contributed by atoms with Gasteiger partial charge in [0.25, 0.3) is 5.91 Å². The molecule has 1 heterocycles. The molecule has 0 saturated carbocycles. The number of carbonyl (C=O) groups is 1. The van der Waals surface area contributed by atoms with Crippen molar-refractivity contribution in [3.63, 3.8) is 0 Å². The van der Waals surface area contributed by atoms with Crippen LogP contribution in [-0.2, 0) is 11.3 Å². The van der Waals surface area contributed by atoms with Gasteiger partial charge in [-0.1, -0.05) is 18.2 Å². The second kappa shape index (κ2) is 5.41. The highest BCUT2D eigenvalue weighted by Gasteiger charge is 2.32. The quantitative estimate of drug-likeness (QED) is 0.863. The molecule has 2 N–H and O–H groups in total. The zero-order valence-electron chi connectivity index (χ0n) is 12.1. The summed E-state index contributed by atoms with van der Waals surface area (Å²) in [5.41, 5.74) is 8.65. The Morgan fingerprint density at radius 3 is 2.68 bits per heavy atom. The molecule has 0 aliphatic carbocycles. The van der Waals surface area contributed by atoms with Gasteiger partial charge in [-0.2, -0.15) is 5.26 Å². The number of ether oxygens (including phenoxy) is 1. The molecule has 0 fully saturated rings. The van der Waals surface area contributed by atoms with E-state index >= 15 is 0 Å². The normalized spacial score (nSPS) is 16.6. The molecular weight excluding hydrogens is 278 g/mol. The summed E-state index contributed by atoms with van der Waals surface area (Å²) in [5, 5.41) is 8.85. The van der Waals surface area contributed by atoms with Gasteiger partial charge in [-0.15, -0.1) is 0 Å². The number of nitrogens with two attached hydrogens (primary N) is 1. The Hall–Kier alpha value is -3.00. The molecule has 1 unspecified atom stereocenters. The Morgan fingerprint density at radius 1 is 1.27 bits per heavy atom. The number of benzene rings is 2. The van der Waals surface area contributed by atoms with Crippen molar-refractivity contribution >= 4 is 17.3 Å². The van der Waals surface area contributed by atoms with Crippen LogP contribution in [0.3, 0.4) is 0 Å². The van der Waals surface area contributed by atoms with Crippen LogP contribution in [0, 0.1) is 11.3 Å². The van der Waals surface area contributed by atoms with Crippen molar-refractivity contribution in [1.29, 1.82) is 5.26 Å². The Balaban J connectivity index is 1.98. The topological polar surface area (TPSA) is 79.3 Å². The average molecular weight is 293 g/mol. The number of nitrogen functional groups attached to an aromatic ring is 1. The van der Waals surface area contributed by atoms with Crippen molar-refractivity contribution < 1.29 is 9.53 Å². The molecule has 1 aliphatic heterocycles. The van der Waals surface area contributed by atoms with E-state index in [1.165, 1.54) is 0 Å². The number of nitriles is 1. The van der Waals surface area contributed by atoms with Crippen LogP contribution in [0.4, 0.5) is 11.4 Å². The fourth-order valence-corrected chi connectivity index (χ4v) is 2.52. The van der Waals surface area contributed by atoms with Gasteiger partial charge in [0.2, 0.25) is 0 Å². The molecule has 0 saturated heterocycles. The SMILES string of the molecule is CC1Oc2cccc(N)c2N(Cc2ccc(C#N)cc2)C1=O. The number of anilines is 2. The van der Waals surface area contributed by atoms with Gasteiger partial charge in [0, 0.05) is 0 Å². The van der Waals surface area contributed by atoms with E-state index in [0.29, 0.717) is 29.2 Å². The predicted octanol–water partition coefficient (Wildman–Crippen LogP) is 2.45. The summed E-state index contributed by atoms with van der Waals surface area (Å²) in [4.78, 5) is 14.1. The third-order valence-electron chi connectivity index (χ3n) is 3.64. The molecule has 1 atom stereocenters. The lowest BCUT2D eigenvalue weighted by Crippen LogP contribution is -2.44. The van der Waals surface area contributed by atoms with Crippen LogP contribution in [0.5, 0.6) is 5.75 Å². The monoisotopic (exact) mass is 293 g/mol. The number of para-hydroxylation sites is 1. The summed E-state index contributed by atoms with van der Waals surface area (Å²) in [6.07, 6.45) is -0.548. The minimum atomic E-state index is -0.548. The summed E-state index contributed by atoms with van der Waals surface area (Å²) < 4.78 is 5.62. The van der Waals surface area contributed by atoms with Gasteiger partial charge < -0.3 is 10.5 Å². The van der Waals surface area contributed by atoms with Crippen molar-refractivity contribution in [3.05, 3.63) is 53.6 Å². The molecule has 1 aliphatic rings. The van der Waals surface area contributed by atoms with E-state index in [2.05, 4.69) is 6.07 Å². The van der Waals surface area contributed by atoms with E-state index in [1.54, 1.807) is 42.2 Å². The van der Waals surface area contributed by atoms with Crippen LogP contribution in [0.2, 0.25) is 0 Å². The standard InChI is InChI=1S/C17H15N3O2/c1-11-17(21)20(10-13-7-5-12(9-18)6-8-13)16-14(19)3-2-4-15(16)22-11/h2-8,11H,10,19H2,1H3. The van der Waals surface area contributed by atoms with Crippen LogP contribution >= 0.6 is 0 Å². The zero-order valence-corrected chi connectivity index (χ0v) is 12.1. The molecule has 110 valence electrons. The molecule has 5 nitrogen and oxygen atoms in total. The van der Waals surface area contributed by atoms with E-state index in [4.69, 9.17) is 15.7 Å². The summed E-state index contributed by atoms with van der Waals surface area (Å²) in [5.74, 6) is 0.482. The predicted molar refractivity (Wildman–Crippen MR) is 83.3 cm³/mol. The van der Waals surface area contributed by atoms with Gasteiger partial charge in [-0.3, -0.25) is 9.69 Å². The van der Waals surface area contributed by atoms with Crippen molar-refractivity contribution in [2.75, 3.05) is 10.6 Å². The average Bonchev–Trinajstić information content (AvgIpc) is 2.52. The maximum absolute atomic E-state index is 12.5. The van der Waals surface area contributed by atoms with Gasteiger partial charge in [0.1, 0.15) is 11.4 Å². The minimum Gasteiger partial charge on any atom is -0.479 e. The second-order valence-corrected chi connectivity index (χ2v) is 5.19. The molecule has 0 radical (unpaired) electrons. The van der Waals surface area contributed by atoms with Crippen LogP contribution in [0.15, 0.2) is 42.5 Å². The Morgan fingerprint density at radius 2 is 2.00 bits per heavy atom. The molecular formula is C17H15N3O2. The van der Waals surface area contributed by atoms with Crippen LogP contribution < -0.4 is 15.4 Å². The summed E-state index contributed by atoms with van der Waals surface area (Å²) in [6.45, 7) is 2.11. The smallest absolute Gasteiger partial charge is 0.268 e. The van der Waals surface area contributed by atoms with Crippen molar-refractivity contribution in [1.82, 2.24) is 0 Å². The fourth-order valence-electron chi connectivity index (χ4n) is 2.52. The lowest BCUT2D eigenvalue weighted by Gasteiger charge is -2.34. The number of amides is 1. The molecule has 0 bridgehead atoms. The summed E-state index contributed by atoms with van der Waals surface area (Å²) >= 11 is 0. The van der Waals surface area contributed by atoms with E-state index < -0.39 is 6.10 Å². The molecule has 22 heavy (non-hydrogen) atoms. The highest BCUT2D eigenvalue weighted by molar-refractivity contribution is 6.02. The number of carbonyl (C=O) groups excluding carboxylic acids is 1. The minimum absolute atomic E-state index is 0.130. The molecule has 2 aromatic rings. The van der Waals surface area contributed by atoms with Gasteiger partial charge in [-0.05, 0) is 36.8 Å². The van der Waals surface area contributed by atoms with Crippen molar-refractivity contribution in [3.8, 4) is 11.8 Å². The lowest BCUT2D eigenvalue weighted by molar-refractivity contribution is -0.125. The highest BCUT2D eigenvalue weighted by Crippen LogP contribution is 2.39. The molecule has 5 heteroatoms.